The lowest BCUT2D eigenvalue weighted by atomic mass is 9.95. The van der Waals surface area contributed by atoms with Crippen molar-refractivity contribution in [2.75, 3.05) is 25.9 Å². The molecule has 1 heterocycles. The molecule has 1 amide bonds. The molecule has 1 saturated heterocycles. The average Bonchev–Trinajstić information content (AvgIpc) is 2.97. The summed E-state index contributed by atoms with van der Waals surface area (Å²) in [5.74, 6) is 2.88. The van der Waals surface area contributed by atoms with Crippen LogP contribution in [0, 0.1) is 11.8 Å². The third-order valence-corrected chi connectivity index (χ3v) is 4.93. The Labute approximate surface area is 119 Å². The molecule has 0 aromatic heterocycles. The highest BCUT2D eigenvalue weighted by Gasteiger charge is 2.42. The Bertz CT molecular complexity index is 515. The van der Waals surface area contributed by atoms with Crippen molar-refractivity contribution in [3.63, 3.8) is 0 Å². The van der Waals surface area contributed by atoms with Gasteiger partial charge in [-0.15, -0.1) is 0 Å². The van der Waals surface area contributed by atoms with Crippen LogP contribution in [0.1, 0.15) is 31.2 Å². The number of amides is 1. The first-order valence-electron chi connectivity index (χ1n) is 7.27. The van der Waals surface area contributed by atoms with E-state index in [0.717, 1.165) is 18.8 Å². The Kier molecular flexibility index (Phi) is 3.32. The van der Waals surface area contributed by atoms with E-state index >= 15 is 0 Å². The van der Waals surface area contributed by atoms with E-state index in [2.05, 4.69) is 12.1 Å². The minimum Gasteiger partial charge on any atom is -0.495 e. The number of anilines is 1. The Morgan fingerprint density at radius 2 is 1.95 bits per heavy atom. The standard InChI is InChI=1S/C16H22N2O2/c1-10(19)18-8-13-5-12(6-14(13)9-18)11-3-4-15(17)16(7-11)20-2/h3-4,7,12-14H,5-6,8-9,17H2,1-2H3. The zero-order valence-corrected chi connectivity index (χ0v) is 12.1. The van der Waals surface area contributed by atoms with Crippen molar-refractivity contribution < 1.29 is 9.53 Å². The van der Waals surface area contributed by atoms with Crippen LogP contribution in [0.15, 0.2) is 18.2 Å². The maximum Gasteiger partial charge on any atom is 0.219 e. The molecular weight excluding hydrogens is 252 g/mol. The molecule has 1 aliphatic carbocycles. The monoisotopic (exact) mass is 274 g/mol. The molecule has 4 heteroatoms. The van der Waals surface area contributed by atoms with Gasteiger partial charge in [0.15, 0.2) is 0 Å². The number of fused-ring (bicyclic) bond motifs is 1. The summed E-state index contributed by atoms with van der Waals surface area (Å²) >= 11 is 0. The minimum absolute atomic E-state index is 0.213. The topological polar surface area (TPSA) is 55.6 Å². The fraction of sp³-hybridized carbons (Fsp3) is 0.562. The molecule has 2 unspecified atom stereocenters. The molecule has 2 aliphatic rings. The van der Waals surface area contributed by atoms with E-state index in [1.807, 2.05) is 11.0 Å². The van der Waals surface area contributed by atoms with Crippen LogP contribution >= 0.6 is 0 Å². The lowest BCUT2D eigenvalue weighted by molar-refractivity contribution is -0.128. The Morgan fingerprint density at radius 1 is 1.30 bits per heavy atom. The number of benzene rings is 1. The number of hydrogen-bond donors (Lipinski definition) is 1. The fourth-order valence-corrected chi connectivity index (χ4v) is 3.81. The number of nitrogens with zero attached hydrogens (tertiary/aromatic N) is 1. The average molecular weight is 274 g/mol. The highest BCUT2D eigenvalue weighted by molar-refractivity contribution is 5.73. The molecule has 1 aromatic rings. The van der Waals surface area contributed by atoms with Gasteiger partial charge in [-0.2, -0.15) is 0 Å². The van der Waals surface area contributed by atoms with Crippen LogP contribution in [0.2, 0.25) is 0 Å². The van der Waals surface area contributed by atoms with Gasteiger partial charge in [0.1, 0.15) is 5.75 Å². The third-order valence-electron chi connectivity index (χ3n) is 4.93. The van der Waals surface area contributed by atoms with Crippen LogP contribution in [0.5, 0.6) is 5.75 Å². The summed E-state index contributed by atoms with van der Waals surface area (Å²) in [5.41, 5.74) is 7.88. The van der Waals surface area contributed by atoms with Gasteiger partial charge in [0, 0.05) is 20.0 Å². The van der Waals surface area contributed by atoms with E-state index in [9.17, 15) is 4.79 Å². The Hall–Kier alpha value is -1.71. The van der Waals surface area contributed by atoms with Crippen molar-refractivity contribution in [2.45, 2.75) is 25.7 Å². The number of carbonyl (C=O) groups is 1. The quantitative estimate of drug-likeness (QED) is 0.842. The molecule has 20 heavy (non-hydrogen) atoms. The van der Waals surface area contributed by atoms with Gasteiger partial charge in [-0.3, -0.25) is 4.79 Å². The predicted octanol–water partition coefficient (Wildman–Crippen LogP) is 2.25. The van der Waals surface area contributed by atoms with Crippen molar-refractivity contribution in [1.29, 1.82) is 0 Å². The van der Waals surface area contributed by atoms with Crippen LogP contribution in [0.4, 0.5) is 5.69 Å². The molecule has 1 aliphatic heterocycles. The molecule has 1 aromatic carbocycles. The highest BCUT2D eigenvalue weighted by Crippen LogP contribution is 2.46. The number of methoxy groups -OCH3 is 1. The first-order chi connectivity index (χ1) is 9.58. The minimum atomic E-state index is 0.213. The predicted molar refractivity (Wildman–Crippen MR) is 78.6 cm³/mol. The number of nitrogens with two attached hydrogens (primary N) is 1. The van der Waals surface area contributed by atoms with E-state index in [0.29, 0.717) is 23.4 Å². The van der Waals surface area contributed by atoms with Crippen molar-refractivity contribution >= 4 is 11.6 Å². The van der Waals surface area contributed by atoms with Crippen molar-refractivity contribution in [2.24, 2.45) is 11.8 Å². The summed E-state index contributed by atoms with van der Waals surface area (Å²) < 4.78 is 5.31. The molecular formula is C16H22N2O2. The number of carbonyl (C=O) groups excluding carboxylic acids is 1. The first kappa shape index (κ1) is 13.3. The first-order valence-corrected chi connectivity index (χ1v) is 7.27. The number of rotatable bonds is 2. The summed E-state index contributed by atoms with van der Waals surface area (Å²) in [7, 11) is 1.66. The van der Waals surface area contributed by atoms with Gasteiger partial charge in [0.2, 0.25) is 5.91 Å². The lowest BCUT2D eigenvalue weighted by Crippen LogP contribution is -2.27. The Morgan fingerprint density at radius 3 is 2.50 bits per heavy atom. The van der Waals surface area contributed by atoms with E-state index in [-0.39, 0.29) is 5.91 Å². The molecule has 3 rings (SSSR count). The maximum atomic E-state index is 11.4. The second-order valence-electron chi connectivity index (χ2n) is 6.11. The van der Waals surface area contributed by atoms with Gasteiger partial charge >= 0.3 is 0 Å². The summed E-state index contributed by atoms with van der Waals surface area (Å²) in [6.45, 7) is 3.54. The smallest absolute Gasteiger partial charge is 0.219 e. The van der Waals surface area contributed by atoms with Gasteiger partial charge in [-0.05, 0) is 48.3 Å². The summed E-state index contributed by atoms with van der Waals surface area (Å²) in [5, 5.41) is 0. The summed E-state index contributed by atoms with van der Waals surface area (Å²) in [4.78, 5) is 13.4. The van der Waals surface area contributed by atoms with E-state index in [1.165, 1.54) is 18.4 Å². The second kappa shape index (κ2) is 5.00. The van der Waals surface area contributed by atoms with Gasteiger partial charge < -0.3 is 15.4 Å². The zero-order chi connectivity index (χ0) is 14.3. The van der Waals surface area contributed by atoms with Crippen LogP contribution in [0.25, 0.3) is 0 Å². The molecule has 2 N–H and O–H groups in total. The van der Waals surface area contributed by atoms with Crippen molar-refractivity contribution in [3.05, 3.63) is 23.8 Å². The molecule has 4 nitrogen and oxygen atoms in total. The molecule has 1 saturated carbocycles. The normalized spacial score (nSPS) is 28.5. The molecule has 2 atom stereocenters. The number of likely N-dealkylation sites (tertiary alicyclic amines) is 1. The molecule has 0 radical (unpaired) electrons. The third kappa shape index (κ3) is 2.23. The zero-order valence-electron chi connectivity index (χ0n) is 12.1. The lowest BCUT2D eigenvalue weighted by Gasteiger charge is -2.18. The SMILES string of the molecule is COc1cc(C2CC3CN(C(C)=O)CC3C2)ccc1N. The van der Waals surface area contributed by atoms with Gasteiger partial charge in [-0.25, -0.2) is 0 Å². The van der Waals surface area contributed by atoms with Crippen molar-refractivity contribution in [3.8, 4) is 5.75 Å². The Balaban J connectivity index is 1.72. The van der Waals surface area contributed by atoms with Gasteiger partial charge in [0.05, 0.1) is 12.8 Å². The number of hydrogen-bond acceptors (Lipinski definition) is 3. The van der Waals surface area contributed by atoms with Crippen molar-refractivity contribution in [1.82, 2.24) is 4.90 Å². The van der Waals surface area contributed by atoms with Gasteiger partial charge in [-0.1, -0.05) is 6.07 Å². The van der Waals surface area contributed by atoms with Crippen LogP contribution in [-0.2, 0) is 4.79 Å². The van der Waals surface area contributed by atoms with Gasteiger partial charge in [0.25, 0.3) is 0 Å². The molecule has 2 fully saturated rings. The highest BCUT2D eigenvalue weighted by atomic mass is 16.5. The largest absolute Gasteiger partial charge is 0.495 e. The number of ether oxygens (including phenoxy) is 1. The molecule has 0 bridgehead atoms. The second-order valence-corrected chi connectivity index (χ2v) is 6.11. The van der Waals surface area contributed by atoms with E-state index < -0.39 is 0 Å². The summed E-state index contributed by atoms with van der Waals surface area (Å²) in [6, 6.07) is 6.13. The van der Waals surface area contributed by atoms with E-state index in [4.69, 9.17) is 10.5 Å². The van der Waals surface area contributed by atoms with E-state index in [1.54, 1.807) is 14.0 Å². The van der Waals surface area contributed by atoms with Crippen LogP contribution in [-0.4, -0.2) is 31.0 Å². The van der Waals surface area contributed by atoms with Crippen LogP contribution in [0.3, 0.4) is 0 Å². The molecule has 108 valence electrons. The summed E-state index contributed by atoms with van der Waals surface area (Å²) in [6.07, 6.45) is 2.34. The molecule has 0 spiro atoms. The maximum absolute atomic E-state index is 11.4. The van der Waals surface area contributed by atoms with Crippen LogP contribution < -0.4 is 10.5 Å². The fourth-order valence-electron chi connectivity index (χ4n) is 3.81. The number of nitrogen functional groups attached to an aromatic ring is 1.